The summed E-state index contributed by atoms with van der Waals surface area (Å²) in [6, 6.07) is 4.45. The Labute approximate surface area is 177 Å². The molecule has 3 rings (SSSR count). The van der Waals surface area contributed by atoms with Gasteiger partial charge in [0.25, 0.3) is 5.91 Å². The van der Waals surface area contributed by atoms with Crippen LogP contribution in [0.5, 0.6) is 0 Å². The second kappa shape index (κ2) is 9.92. The Bertz CT molecular complexity index is 813. The summed E-state index contributed by atoms with van der Waals surface area (Å²) >= 11 is 5.42. The highest BCUT2D eigenvalue weighted by molar-refractivity contribution is 6.27. The van der Waals surface area contributed by atoms with Crippen molar-refractivity contribution in [1.29, 1.82) is 0 Å². The number of aliphatic hydroxyl groups is 1. The molecule has 1 aromatic rings. The Hall–Kier alpha value is -2.63. The van der Waals surface area contributed by atoms with Gasteiger partial charge >= 0.3 is 6.09 Å². The SMILES string of the molecule is O=C(CCl)NC[C@H]1CN(c2ccc(N3CCNN(C(=O)CO)CC3)c(F)c2)C(=O)O1. The molecule has 2 aliphatic heterocycles. The van der Waals surface area contributed by atoms with Crippen LogP contribution in [0.4, 0.5) is 20.6 Å². The number of carbonyl (C=O) groups excluding carboxylic acids is 3. The summed E-state index contributed by atoms with van der Waals surface area (Å²) < 4.78 is 20.0. The van der Waals surface area contributed by atoms with Gasteiger partial charge < -0.3 is 20.1 Å². The van der Waals surface area contributed by atoms with Gasteiger partial charge in [-0.3, -0.25) is 19.5 Å². The third kappa shape index (κ3) is 5.10. The highest BCUT2D eigenvalue weighted by Gasteiger charge is 2.33. The Balaban J connectivity index is 1.64. The molecule has 10 nitrogen and oxygen atoms in total. The van der Waals surface area contributed by atoms with Crippen molar-refractivity contribution in [1.82, 2.24) is 15.8 Å². The summed E-state index contributed by atoms with van der Waals surface area (Å²) in [6.07, 6.45) is -1.18. The van der Waals surface area contributed by atoms with E-state index in [0.29, 0.717) is 31.0 Å². The summed E-state index contributed by atoms with van der Waals surface area (Å²) in [7, 11) is 0. The summed E-state index contributed by atoms with van der Waals surface area (Å²) in [5.41, 5.74) is 3.58. The molecule has 0 unspecified atom stereocenters. The van der Waals surface area contributed by atoms with Crippen molar-refractivity contribution >= 4 is 40.9 Å². The number of amides is 3. The van der Waals surface area contributed by atoms with Crippen LogP contribution < -0.4 is 20.5 Å². The van der Waals surface area contributed by atoms with E-state index in [2.05, 4.69) is 10.7 Å². The van der Waals surface area contributed by atoms with Gasteiger partial charge in [0.15, 0.2) is 0 Å². The second-order valence-electron chi connectivity index (χ2n) is 6.79. The molecule has 0 spiro atoms. The molecule has 2 heterocycles. The van der Waals surface area contributed by atoms with Crippen LogP contribution in [0, 0.1) is 5.82 Å². The lowest BCUT2D eigenvalue weighted by atomic mass is 10.2. The lowest BCUT2D eigenvalue weighted by Crippen LogP contribution is -2.45. The van der Waals surface area contributed by atoms with E-state index < -0.39 is 30.5 Å². The van der Waals surface area contributed by atoms with Gasteiger partial charge in [0.05, 0.1) is 31.0 Å². The number of cyclic esters (lactones) is 1. The minimum Gasteiger partial charge on any atom is -0.442 e. The Morgan fingerprint density at radius 3 is 2.83 bits per heavy atom. The summed E-state index contributed by atoms with van der Waals surface area (Å²) in [6.45, 7) is 1.22. The molecule has 30 heavy (non-hydrogen) atoms. The number of nitrogens with zero attached hydrogens (tertiary/aromatic N) is 3. The van der Waals surface area contributed by atoms with Gasteiger partial charge in [0.2, 0.25) is 5.91 Å². The van der Waals surface area contributed by atoms with Gasteiger partial charge in [-0.25, -0.2) is 14.6 Å². The average Bonchev–Trinajstić information content (AvgIpc) is 2.96. The zero-order chi connectivity index (χ0) is 21.7. The van der Waals surface area contributed by atoms with Crippen molar-refractivity contribution in [2.24, 2.45) is 0 Å². The highest BCUT2D eigenvalue weighted by atomic mass is 35.5. The number of hydrogen-bond acceptors (Lipinski definition) is 7. The summed E-state index contributed by atoms with van der Waals surface area (Å²) in [4.78, 5) is 38.1. The number of hydrogen-bond donors (Lipinski definition) is 3. The molecule has 1 aromatic carbocycles. The van der Waals surface area contributed by atoms with Crippen molar-refractivity contribution in [3.8, 4) is 0 Å². The number of anilines is 2. The van der Waals surface area contributed by atoms with E-state index in [0.717, 1.165) is 0 Å². The number of ether oxygens (including phenoxy) is 1. The van der Waals surface area contributed by atoms with Crippen LogP contribution in [0.3, 0.4) is 0 Å². The number of halogens is 2. The lowest BCUT2D eigenvalue weighted by molar-refractivity contribution is -0.137. The molecule has 3 N–H and O–H groups in total. The van der Waals surface area contributed by atoms with Gasteiger partial charge in [-0.1, -0.05) is 0 Å². The van der Waals surface area contributed by atoms with Crippen LogP contribution in [-0.4, -0.2) is 85.9 Å². The van der Waals surface area contributed by atoms with Crippen LogP contribution in [0.2, 0.25) is 0 Å². The topological polar surface area (TPSA) is 114 Å². The van der Waals surface area contributed by atoms with E-state index in [1.165, 1.54) is 16.0 Å². The van der Waals surface area contributed by atoms with Crippen molar-refractivity contribution in [2.75, 3.05) is 61.6 Å². The van der Waals surface area contributed by atoms with Crippen molar-refractivity contribution in [3.63, 3.8) is 0 Å². The number of benzene rings is 1. The van der Waals surface area contributed by atoms with E-state index in [1.807, 2.05) is 0 Å². The highest BCUT2D eigenvalue weighted by Crippen LogP contribution is 2.28. The first-order valence-electron chi connectivity index (χ1n) is 9.43. The number of alkyl halides is 1. The van der Waals surface area contributed by atoms with Crippen molar-refractivity contribution in [3.05, 3.63) is 24.0 Å². The molecule has 2 fully saturated rings. The Kier molecular flexibility index (Phi) is 7.29. The third-order valence-corrected chi connectivity index (χ3v) is 5.06. The van der Waals surface area contributed by atoms with Crippen LogP contribution in [0.1, 0.15) is 0 Å². The number of nitrogens with one attached hydrogen (secondary N) is 2. The molecule has 1 atom stereocenters. The average molecular weight is 444 g/mol. The van der Waals surface area contributed by atoms with E-state index in [4.69, 9.17) is 21.4 Å². The summed E-state index contributed by atoms with van der Waals surface area (Å²) in [5.74, 6) is -1.51. The minimum atomic E-state index is -0.621. The zero-order valence-electron chi connectivity index (χ0n) is 16.1. The van der Waals surface area contributed by atoms with E-state index >= 15 is 0 Å². The molecule has 0 aromatic heterocycles. The van der Waals surface area contributed by atoms with E-state index in [9.17, 15) is 18.8 Å². The van der Waals surface area contributed by atoms with E-state index in [-0.39, 0.29) is 31.4 Å². The number of carbonyl (C=O) groups is 3. The molecule has 3 amide bonds. The maximum atomic E-state index is 14.8. The number of aliphatic hydroxyl groups excluding tert-OH is 1. The predicted molar refractivity (Wildman–Crippen MR) is 107 cm³/mol. The molecular weight excluding hydrogens is 421 g/mol. The fourth-order valence-electron chi connectivity index (χ4n) is 3.30. The molecule has 12 heteroatoms. The van der Waals surface area contributed by atoms with Crippen molar-refractivity contribution < 1.29 is 28.6 Å². The van der Waals surface area contributed by atoms with Crippen LogP contribution in [0.15, 0.2) is 18.2 Å². The van der Waals surface area contributed by atoms with E-state index in [1.54, 1.807) is 17.0 Å². The molecular formula is C18H23ClFN5O5. The third-order valence-electron chi connectivity index (χ3n) is 4.82. The van der Waals surface area contributed by atoms with Crippen LogP contribution in [0.25, 0.3) is 0 Å². The largest absolute Gasteiger partial charge is 0.442 e. The van der Waals surface area contributed by atoms with Gasteiger partial charge in [-0.2, -0.15) is 0 Å². The normalized spacial score (nSPS) is 19.5. The standard InChI is InChI=1S/C18H23ClFN5O5/c19-8-16(27)21-9-13-10-24(18(29)30-13)12-1-2-15(14(20)7-12)23-4-3-22-25(6-5-23)17(28)11-26/h1-2,7,13,22,26H,3-6,8-11H2,(H,21,27)/t13-/m0/s1. The molecule has 2 aliphatic rings. The first kappa shape index (κ1) is 22.1. The fourth-order valence-corrected chi connectivity index (χ4v) is 3.40. The van der Waals surface area contributed by atoms with Crippen LogP contribution >= 0.6 is 11.6 Å². The minimum absolute atomic E-state index is 0.123. The van der Waals surface area contributed by atoms with Gasteiger partial charge in [0, 0.05) is 19.6 Å². The number of rotatable bonds is 6. The van der Waals surface area contributed by atoms with Gasteiger partial charge in [-0.05, 0) is 18.2 Å². The van der Waals surface area contributed by atoms with Gasteiger partial charge in [0.1, 0.15) is 24.4 Å². The Morgan fingerprint density at radius 2 is 2.13 bits per heavy atom. The molecule has 0 aliphatic carbocycles. The molecule has 0 saturated carbocycles. The maximum Gasteiger partial charge on any atom is 0.414 e. The lowest BCUT2D eigenvalue weighted by Gasteiger charge is -2.24. The van der Waals surface area contributed by atoms with Crippen LogP contribution in [-0.2, 0) is 14.3 Å². The predicted octanol–water partition coefficient (Wildman–Crippen LogP) is -0.349. The quantitative estimate of drug-likeness (QED) is 0.515. The second-order valence-corrected chi connectivity index (χ2v) is 7.06. The molecule has 0 bridgehead atoms. The zero-order valence-corrected chi connectivity index (χ0v) is 16.9. The monoisotopic (exact) mass is 443 g/mol. The van der Waals surface area contributed by atoms with Crippen molar-refractivity contribution in [2.45, 2.75) is 6.10 Å². The molecule has 0 radical (unpaired) electrons. The smallest absolute Gasteiger partial charge is 0.414 e. The first-order valence-corrected chi connectivity index (χ1v) is 9.96. The summed E-state index contributed by atoms with van der Waals surface area (Å²) in [5, 5.41) is 12.8. The first-order chi connectivity index (χ1) is 14.4. The van der Waals surface area contributed by atoms with Gasteiger partial charge in [-0.15, -0.1) is 11.6 Å². The fraction of sp³-hybridized carbons (Fsp3) is 0.500. The number of hydrazine groups is 1. The maximum absolute atomic E-state index is 14.8. The molecule has 2 saturated heterocycles. The molecule has 164 valence electrons. The Morgan fingerprint density at radius 1 is 1.33 bits per heavy atom.